The van der Waals surface area contributed by atoms with Crippen molar-refractivity contribution in [3.63, 3.8) is 0 Å². The number of benzene rings is 3. The fourth-order valence-corrected chi connectivity index (χ4v) is 5.40. The SMILES string of the molecule is C=C(F)c1cc(NC(=O)c2cc(NC(=O)[C@H]3[C@H](c4cc(Cl)cc(Cl)c4)C3(Cl)Cl)ccc2Cl)ccc1F. The molecule has 11 heteroatoms. The highest BCUT2D eigenvalue weighted by molar-refractivity contribution is 6.53. The van der Waals surface area contributed by atoms with Crippen molar-refractivity contribution in [1.29, 1.82) is 0 Å². The second kappa shape index (κ2) is 10.2. The van der Waals surface area contributed by atoms with Gasteiger partial charge in [0.15, 0.2) is 0 Å². The summed E-state index contributed by atoms with van der Waals surface area (Å²) in [5.41, 5.74) is 0.617. The van der Waals surface area contributed by atoms with Crippen LogP contribution in [0.2, 0.25) is 15.1 Å². The van der Waals surface area contributed by atoms with Gasteiger partial charge in [-0.15, -0.1) is 23.2 Å². The molecular weight excluding hydrogens is 576 g/mol. The van der Waals surface area contributed by atoms with Crippen LogP contribution in [0.3, 0.4) is 0 Å². The first-order valence-electron chi connectivity index (χ1n) is 10.3. The second-order valence-electron chi connectivity index (χ2n) is 8.07. The number of nitrogens with one attached hydrogen (secondary N) is 2. The lowest BCUT2D eigenvalue weighted by atomic mass is 10.1. The molecule has 2 atom stereocenters. The lowest BCUT2D eigenvalue weighted by molar-refractivity contribution is -0.117. The molecule has 2 N–H and O–H groups in total. The monoisotopic (exact) mass is 588 g/mol. The van der Waals surface area contributed by atoms with Gasteiger partial charge in [-0.1, -0.05) is 41.4 Å². The number of amides is 2. The van der Waals surface area contributed by atoms with E-state index in [4.69, 9.17) is 58.0 Å². The Labute approximate surface area is 230 Å². The lowest BCUT2D eigenvalue weighted by Crippen LogP contribution is -2.18. The molecule has 1 fully saturated rings. The van der Waals surface area contributed by atoms with E-state index in [1.807, 2.05) is 0 Å². The number of hydrogen-bond acceptors (Lipinski definition) is 2. The summed E-state index contributed by atoms with van der Waals surface area (Å²) < 4.78 is 25.8. The molecule has 0 saturated heterocycles. The Morgan fingerprint density at radius 1 is 0.861 bits per heavy atom. The predicted molar refractivity (Wildman–Crippen MR) is 142 cm³/mol. The minimum Gasteiger partial charge on any atom is -0.326 e. The average molecular weight is 591 g/mol. The molecule has 3 aromatic rings. The molecule has 3 aromatic carbocycles. The molecule has 1 saturated carbocycles. The van der Waals surface area contributed by atoms with Crippen molar-refractivity contribution < 1.29 is 18.4 Å². The van der Waals surface area contributed by atoms with Crippen LogP contribution in [-0.2, 0) is 4.79 Å². The molecule has 0 spiro atoms. The minimum absolute atomic E-state index is 0.0106. The number of halogens is 7. The lowest BCUT2D eigenvalue weighted by Gasteiger charge is -2.11. The zero-order valence-corrected chi connectivity index (χ0v) is 21.8. The highest BCUT2D eigenvalue weighted by Crippen LogP contribution is 2.65. The molecule has 1 aliphatic carbocycles. The van der Waals surface area contributed by atoms with Crippen LogP contribution in [-0.4, -0.2) is 16.1 Å². The Morgan fingerprint density at radius 2 is 1.44 bits per heavy atom. The summed E-state index contributed by atoms with van der Waals surface area (Å²) in [4.78, 5) is 25.8. The molecule has 36 heavy (non-hydrogen) atoms. The Morgan fingerprint density at radius 3 is 2.08 bits per heavy atom. The second-order valence-corrected chi connectivity index (χ2v) is 10.8. The molecular formula is C25H15Cl5F2N2O2. The Balaban J connectivity index is 1.51. The third kappa shape index (κ3) is 5.48. The molecule has 4 rings (SSSR count). The van der Waals surface area contributed by atoms with E-state index in [2.05, 4.69) is 17.2 Å². The highest BCUT2D eigenvalue weighted by atomic mass is 35.5. The van der Waals surface area contributed by atoms with E-state index in [1.165, 1.54) is 24.3 Å². The van der Waals surface area contributed by atoms with E-state index in [0.29, 0.717) is 15.6 Å². The fourth-order valence-electron chi connectivity index (χ4n) is 3.83. The Kier molecular flexibility index (Phi) is 7.56. The number of anilines is 2. The number of carbonyl (C=O) groups excluding carboxylic acids is 2. The first kappa shape index (κ1) is 26.7. The number of rotatable bonds is 6. The van der Waals surface area contributed by atoms with Gasteiger partial charge in [-0.05, 0) is 60.2 Å². The maximum atomic E-state index is 13.7. The fraction of sp³-hybridized carbons (Fsp3) is 0.120. The molecule has 0 heterocycles. The van der Waals surface area contributed by atoms with E-state index in [9.17, 15) is 18.4 Å². The third-order valence-electron chi connectivity index (χ3n) is 5.58. The van der Waals surface area contributed by atoms with Crippen LogP contribution >= 0.6 is 58.0 Å². The van der Waals surface area contributed by atoms with Crippen LogP contribution in [0.25, 0.3) is 5.83 Å². The molecule has 186 valence electrons. The molecule has 0 aromatic heterocycles. The summed E-state index contributed by atoms with van der Waals surface area (Å²) in [6.07, 6.45) is 0. The summed E-state index contributed by atoms with van der Waals surface area (Å²) in [7, 11) is 0. The van der Waals surface area contributed by atoms with Crippen molar-refractivity contribution in [3.05, 3.63) is 98.8 Å². The smallest absolute Gasteiger partial charge is 0.257 e. The van der Waals surface area contributed by atoms with Crippen molar-refractivity contribution >= 4 is 87.0 Å². The van der Waals surface area contributed by atoms with Crippen LogP contribution in [0.5, 0.6) is 0 Å². The molecule has 0 unspecified atom stereocenters. The van der Waals surface area contributed by atoms with Crippen molar-refractivity contribution in [3.8, 4) is 0 Å². The van der Waals surface area contributed by atoms with E-state index in [0.717, 1.165) is 12.1 Å². The van der Waals surface area contributed by atoms with Gasteiger partial charge in [0.25, 0.3) is 5.91 Å². The van der Waals surface area contributed by atoms with Crippen molar-refractivity contribution in [1.82, 2.24) is 0 Å². The van der Waals surface area contributed by atoms with Gasteiger partial charge in [0.05, 0.1) is 16.5 Å². The van der Waals surface area contributed by atoms with Crippen molar-refractivity contribution in [2.75, 3.05) is 10.6 Å². The van der Waals surface area contributed by atoms with Gasteiger partial charge in [-0.3, -0.25) is 9.59 Å². The van der Waals surface area contributed by atoms with Crippen molar-refractivity contribution in [2.45, 2.75) is 10.3 Å². The van der Waals surface area contributed by atoms with Gasteiger partial charge in [0.2, 0.25) is 5.91 Å². The summed E-state index contributed by atoms with van der Waals surface area (Å²) in [6, 6.07) is 12.4. The summed E-state index contributed by atoms with van der Waals surface area (Å²) >= 11 is 31.1. The normalized spacial score (nSPS) is 17.9. The zero-order valence-electron chi connectivity index (χ0n) is 18.0. The van der Waals surface area contributed by atoms with Crippen LogP contribution < -0.4 is 10.6 Å². The van der Waals surface area contributed by atoms with Gasteiger partial charge >= 0.3 is 0 Å². The van der Waals surface area contributed by atoms with Crippen LogP contribution in [0.1, 0.15) is 27.4 Å². The number of carbonyl (C=O) groups is 2. The Bertz CT molecular complexity index is 1390. The van der Waals surface area contributed by atoms with E-state index in [1.54, 1.807) is 18.2 Å². The van der Waals surface area contributed by atoms with Crippen LogP contribution in [0.15, 0.2) is 61.2 Å². The average Bonchev–Trinajstić information content (AvgIpc) is 3.37. The first-order valence-corrected chi connectivity index (χ1v) is 12.2. The van der Waals surface area contributed by atoms with E-state index in [-0.39, 0.29) is 27.5 Å². The van der Waals surface area contributed by atoms with Crippen LogP contribution in [0, 0.1) is 11.7 Å². The van der Waals surface area contributed by atoms with Gasteiger partial charge in [-0.25, -0.2) is 8.78 Å². The molecule has 2 amide bonds. The Hall–Kier alpha value is -2.35. The van der Waals surface area contributed by atoms with Crippen LogP contribution in [0.4, 0.5) is 20.2 Å². The molecule has 1 aliphatic rings. The number of alkyl halides is 2. The topological polar surface area (TPSA) is 58.2 Å². The van der Waals surface area contributed by atoms with Gasteiger partial charge in [-0.2, -0.15) is 0 Å². The number of hydrogen-bond donors (Lipinski definition) is 2. The molecule has 0 aliphatic heterocycles. The van der Waals surface area contributed by atoms with Gasteiger partial charge in [0.1, 0.15) is 16.0 Å². The largest absolute Gasteiger partial charge is 0.326 e. The molecule has 0 bridgehead atoms. The zero-order chi connectivity index (χ0) is 26.4. The van der Waals surface area contributed by atoms with Gasteiger partial charge < -0.3 is 10.6 Å². The third-order valence-corrected chi connectivity index (χ3v) is 7.28. The predicted octanol–water partition coefficient (Wildman–Crippen LogP) is 8.50. The van der Waals surface area contributed by atoms with Crippen molar-refractivity contribution in [2.24, 2.45) is 5.92 Å². The molecule has 0 radical (unpaired) electrons. The summed E-state index contributed by atoms with van der Waals surface area (Å²) in [5, 5.41) is 6.04. The highest BCUT2D eigenvalue weighted by Gasteiger charge is 2.67. The molecule has 4 nitrogen and oxygen atoms in total. The minimum atomic E-state index is -1.38. The summed E-state index contributed by atoms with van der Waals surface area (Å²) in [6.45, 7) is 3.07. The maximum absolute atomic E-state index is 13.7. The van der Waals surface area contributed by atoms with E-state index >= 15 is 0 Å². The van der Waals surface area contributed by atoms with Gasteiger partial charge in [0, 0.05) is 32.9 Å². The maximum Gasteiger partial charge on any atom is 0.257 e. The quantitative estimate of drug-likeness (QED) is 0.283. The van der Waals surface area contributed by atoms with E-state index < -0.39 is 39.6 Å². The summed E-state index contributed by atoms with van der Waals surface area (Å²) in [5.74, 6) is -4.32. The standard InChI is InChI=1S/C25H15Cl5F2N2O2/c1-11(31)17-9-16(3-5-20(17)32)33-23(35)18-10-15(2-4-19(18)28)34-24(36)22-21(25(22,29)30)12-6-13(26)8-14(27)7-12/h2-10,21-22H,1H2,(H,33,35)(H,34,36)/t21-,22+/m0/s1. The first-order chi connectivity index (χ1) is 16.9.